The van der Waals surface area contributed by atoms with E-state index in [9.17, 15) is 4.79 Å². The van der Waals surface area contributed by atoms with E-state index < -0.39 is 0 Å². The molecule has 0 aliphatic carbocycles. The summed E-state index contributed by atoms with van der Waals surface area (Å²) in [5.74, 6) is 1.83. The third-order valence-electron chi connectivity index (χ3n) is 4.82. The zero-order chi connectivity index (χ0) is 17.2. The predicted octanol–water partition coefficient (Wildman–Crippen LogP) is 2.74. The number of aromatic nitrogens is 2. The van der Waals surface area contributed by atoms with Gasteiger partial charge in [-0.05, 0) is 31.9 Å². The van der Waals surface area contributed by atoms with E-state index in [0.717, 1.165) is 48.2 Å². The molecule has 2 aliphatic rings. The summed E-state index contributed by atoms with van der Waals surface area (Å²) in [5.41, 5.74) is 2.54. The maximum Gasteiger partial charge on any atom is 0.265 e. The van der Waals surface area contributed by atoms with E-state index in [1.165, 1.54) is 24.2 Å². The molecular formula is C18H22N4O2S. The number of ether oxygens (including phenoxy) is 1. The first-order chi connectivity index (χ1) is 12.2. The molecule has 132 valence electrons. The number of carbonyl (C=O) groups is 1. The number of hydrogen-bond donors (Lipinski definition) is 0. The minimum Gasteiger partial charge on any atom is -0.485 e. The Morgan fingerprint density at radius 3 is 2.88 bits per heavy atom. The second kappa shape index (κ2) is 7.00. The van der Waals surface area contributed by atoms with E-state index in [1.54, 1.807) is 5.51 Å². The van der Waals surface area contributed by atoms with Crippen LogP contribution in [0.3, 0.4) is 0 Å². The molecule has 2 aromatic heterocycles. The third kappa shape index (κ3) is 3.33. The van der Waals surface area contributed by atoms with Crippen LogP contribution in [-0.4, -0.2) is 53.1 Å². The Hall–Kier alpha value is -2.15. The molecule has 6 nitrogen and oxygen atoms in total. The standard InChI is InChI=1S/C18H22N4O2S/c1-13-16(25-12-20-13)18(23)22-10-6-14(11-22)24-15-5-4-7-19-17(15)21-8-2-3-9-21/h4-5,7,12,14H,2-3,6,8-11H2,1H3. The van der Waals surface area contributed by atoms with Gasteiger partial charge in [0.25, 0.3) is 5.91 Å². The molecule has 1 unspecified atom stereocenters. The zero-order valence-electron chi connectivity index (χ0n) is 14.4. The molecule has 4 heterocycles. The van der Waals surface area contributed by atoms with Gasteiger partial charge in [0.1, 0.15) is 11.0 Å². The highest BCUT2D eigenvalue weighted by Crippen LogP contribution is 2.30. The Labute approximate surface area is 151 Å². The Morgan fingerprint density at radius 2 is 2.12 bits per heavy atom. The molecule has 2 aliphatic heterocycles. The molecule has 2 aromatic rings. The smallest absolute Gasteiger partial charge is 0.265 e. The Morgan fingerprint density at radius 1 is 1.28 bits per heavy atom. The fourth-order valence-corrected chi connectivity index (χ4v) is 4.25. The number of hydrogen-bond acceptors (Lipinski definition) is 6. The van der Waals surface area contributed by atoms with E-state index in [0.29, 0.717) is 6.54 Å². The van der Waals surface area contributed by atoms with Gasteiger partial charge in [0.2, 0.25) is 0 Å². The lowest BCUT2D eigenvalue weighted by Gasteiger charge is -2.22. The van der Waals surface area contributed by atoms with Crippen LogP contribution in [0.25, 0.3) is 0 Å². The number of rotatable bonds is 4. The number of amides is 1. The molecule has 2 fully saturated rings. The first-order valence-electron chi connectivity index (χ1n) is 8.78. The summed E-state index contributed by atoms with van der Waals surface area (Å²) in [5, 5.41) is 0. The molecule has 0 bridgehead atoms. The SMILES string of the molecule is Cc1ncsc1C(=O)N1CCC(Oc2cccnc2N2CCCC2)C1. The highest BCUT2D eigenvalue weighted by Gasteiger charge is 2.30. The van der Waals surface area contributed by atoms with Crippen molar-refractivity contribution in [2.75, 3.05) is 31.1 Å². The van der Waals surface area contributed by atoms with Crippen LogP contribution in [0.5, 0.6) is 5.75 Å². The zero-order valence-corrected chi connectivity index (χ0v) is 15.2. The van der Waals surface area contributed by atoms with Gasteiger partial charge in [-0.3, -0.25) is 4.79 Å². The minimum absolute atomic E-state index is 0.0164. The number of aryl methyl sites for hydroxylation is 1. The minimum atomic E-state index is 0.0164. The lowest BCUT2D eigenvalue weighted by atomic mass is 10.3. The molecule has 2 saturated heterocycles. The fraction of sp³-hybridized carbons (Fsp3) is 0.500. The Balaban J connectivity index is 1.43. The van der Waals surface area contributed by atoms with Crippen molar-refractivity contribution in [2.45, 2.75) is 32.3 Å². The number of carbonyl (C=O) groups excluding carboxylic acids is 1. The maximum absolute atomic E-state index is 12.6. The Bertz CT molecular complexity index is 757. The third-order valence-corrected chi connectivity index (χ3v) is 5.74. The number of thiazole rings is 1. The van der Waals surface area contributed by atoms with E-state index in [2.05, 4.69) is 14.9 Å². The molecule has 0 N–H and O–H groups in total. The highest BCUT2D eigenvalue weighted by molar-refractivity contribution is 7.11. The van der Waals surface area contributed by atoms with Crippen LogP contribution in [0.15, 0.2) is 23.8 Å². The monoisotopic (exact) mass is 358 g/mol. The van der Waals surface area contributed by atoms with Crippen molar-refractivity contribution in [3.05, 3.63) is 34.4 Å². The van der Waals surface area contributed by atoms with Crippen LogP contribution < -0.4 is 9.64 Å². The molecule has 0 spiro atoms. The summed E-state index contributed by atoms with van der Waals surface area (Å²) < 4.78 is 6.24. The first-order valence-corrected chi connectivity index (χ1v) is 9.66. The summed E-state index contributed by atoms with van der Waals surface area (Å²) in [6.07, 6.45) is 5.09. The van der Waals surface area contributed by atoms with Crippen molar-refractivity contribution in [3.8, 4) is 5.75 Å². The molecule has 1 amide bonds. The summed E-state index contributed by atoms with van der Waals surface area (Å²) in [7, 11) is 0. The van der Waals surface area contributed by atoms with Crippen molar-refractivity contribution < 1.29 is 9.53 Å². The lowest BCUT2D eigenvalue weighted by molar-refractivity contribution is 0.0776. The summed E-state index contributed by atoms with van der Waals surface area (Å²) >= 11 is 1.41. The first kappa shape index (κ1) is 16.3. The average molecular weight is 358 g/mol. The van der Waals surface area contributed by atoms with E-state index in [1.807, 2.05) is 30.2 Å². The van der Waals surface area contributed by atoms with Gasteiger partial charge in [-0.1, -0.05) is 0 Å². The van der Waals surface area contributed by atoms with Crippen molar-refractivity contribution in [3.63, 3.8) is 0 Å². The number of anilines is 1. The normalized spacial score (nSPS) is 20.3. The second-order valence-electron chi connectivity index (χ2n) is 6.57. The number of pyridine rings is 1. The highest BCUT2D eigenvalue weighted by atomic mass is 32.1. The quantitative estimate of drug-likeness (QED) is 0.841. The Kier molecular flexibility index (Phi) is 4.57. The van der Waals surface area contributed by atoms with E-state index in [-0.39, 0.29) is 12.0 Å². The molecule has 4 rings (SSSR count). The van der Waals surface area contributed by atoms with Crippen LogP contribution in [0.2, 0.25) is 0 Å². The van der Waals surface area contributed by atoms with Gasteiger partial charge in [0.15, 0.2) is 11.6 Å². The number of nitrogens with zero attached hydrogens (tertiary/aromatic N) is 4. The molecule has 1 atom stereocenters. The van der Waals surface area contributed by atoms with Crippen molar-refractivity contribution in [1.29, 1.82) is 0 Å². The van der Waals surface area contributed by atoms with Crippen LogP contribution in [-0.2, 0) is 0 Å². The molecule has 0 radical (unpaired) electrons. The van der Waals surface area contributed by atoms with Gasteiger partial charge >= 0.3 is 0 Å². The summed E-state index contributed by atoms with van der Waals surface area (Å²) in [6.45, 7) is 5.29. The average Bonchev–Trinajstić information content (AvgIpc) is 3.36. The summed E-state index contributed by atoms with van der Waals surface area (Å²) in [6, 6.07) is 3.89. The molecule has 25 heavy (non-hydrogen) atoms. The number of likely N-dealkylation sites (tertiary alicyclic amines) is 1. The fourth-order valence-electron chi connectivity index (χ4n) is 3.48. The molecule has 0 aromatic carbocycles. The predicted molar refractivity (Wildman–Crippen MR) is 97.5 cm³/mol. The molecule has 7 heteroatoms. The van der Waals surface area contributed by atoms with E-state index >= 15 is 0 Å². The lowest BCUT2D eigenvalue weighted by Crippen LogP contribution is -2.31. The second-order valence-corrected chi connectivity index (χ2v) is 7.42. The largest absolute Gasteiger partial charge is 0.485 e. The van der Waals surface area contributed by atoms with Crippen molar-refractivity contribution in [2.24, 2.45) is 0 Å². The molecule has 0 saturated carbocycles. The topological polar surface area (TPSA) is 58.6 Å². The van der Waals surface area contributed by atoms with Crippen LogP contribution >= 0.6 is 11.3 Å². The van der Waals surface area contributed by atoms with E-state index in [4.69, 9.17) is 4.74 Å². The van der Waals surface area contributed by atoms with Gasteiger partial charge in [-0.15, -0.1) is 11.3 Å². The van der Waals surface area contributed by atoms with Crippen LogP contribution in [0, 0.1) is 6.92 Å². The van der Waals surface area contributed by atoms with Crippen LogP contribution in [0.4, 0.5) is 5.82 Å². The summed E-state index contributed by atoms with van der Waals surface area (Å²) in [4.78, 5) is 26.2. The van der Waals surface area contributed by atoms with Gasteiger partial charge in [0.05, 0.1) is 17.7 Å². The van der Waals surface area contributed by atoms with Crippen molar-refractivity contribution in [1.82, 2.24) is 14.9 Å². The van der Waals surface area contributed by atoms with Crippen molar-refractivity contribution >= 4 is 23.1 Å². The maximum atomic E-state index is 12.6. The molecular weight excluding hydrogens is 336 g/mol. The van der Waals surface area contributed by atoms with Gasteiger partial charge < -0.3 is 14.5 Å². The van der Waals surface area contributed by atoms with Gasteiger partial charge in [0, 0.05) is 32.3 Å². The van der Waals surface area contributed by atoms with Gasteiger partial charge in [-0.25, -0.2) is 9.97 Å². The van der Waals surface area contributed by atoms with Crippen LogP contribution in [0.1, 0.15) is 34.6 Å². The van der Waals surface area contributed by atoms with Gasteiger partial charge in [-0.2, -0.15) is 0 Å².